The Balaban J connectivity index is 3.24. The predicted molar refractivity (Wildman–Crippen MR) is 58.1 cm³/mol. The maximum atomic E-state index is 2.36. The molecule has 0 N–H and O–H groups in total. The van der Waals surface area contributed by atoms with Gasteiger partial charge in [-0.25, -0.2) is 0 Å². The number of hydrogen-bond acceptors (Lipinski definition) is 1. The summed E-state index contributed by atoms with van der Waals surface area (Å²) in [5.74, 6) is 1.44. The molecule has 1 nitrogen and oxygen atoms in total. The van der Waals surface area contributed by atoms with Crippen molar-refractivity contribution in [2.75, 3.05) is 32.4 Å². The van der Waals surface area contributed by atoms with Gasteiger partial charge in [0.05, 0.1) is 0 Å². The Morgan fingerprint density at radius 3 is 2.18 bits per heavy atom. The monoisotopic (exact) mass is 177 g/mol. The Labute approximate surface area is 74.5 Å². The zero-order valence-electron chi connectivity index (χ0n) is 8.59. The van der Waals surface area contributed by atoms with E-state index in [-0.39, 0.29) is 0 Å². The molecule has 0 aliphatic carbocycles. The van der Waals surface area contributed by atoms with E-state index in [1.54, 1.807) is 0 Å². The topological polar surface area (TPSA) is 3.24 Å². The molecule has 0 aromatic carbocycles. The molecule has 0 aromatic rings. The first-order valence-corrected chi connectivity index (χ1v) is 6.77. The van der Waals surface area contributed by atoms with E-state index in [4.69, 9.17) is 0 Å². The van der Waals surface area contributed by atoms with Crippen molar-refractivity contribution in [3.05, 3.63) is 0 Å². The van der Waals surface area contributed by atoms with Gasteiger partial charge in [-0.2, -0.15) is 0 Å². The number of rotatable bonds is 5. The van der Waals surface area contributed by atoms with Gasteiger partial charge in [0.25, 0.3) is 0 Å². The summed E-state index contributed by atoms with van der Waals surface area (Å²) in [5.41, 5.74) is 0. The molecular weight excluding hydrogens is 154 g/mol. The molecule has 0 heterocycles. The van der Waals surface area contributed by atoms with E-state index in [0.29, 0.717) is 10.9 Å². The molecule has 0 aliphatic heterocycles. The van der Waals surface area contributed by atoms with Crippen LogP contribution in [-0.4, -0.2) is 43.3 Å². The summed E-state index contributed by atoms with van der Waals surface area (Å²) >= 11 is 0. The van der Waals surface area contributed by atoms with Gasteiger partial charge >= 0.3 is 0 Å². The molecule has 0 aliphatic rings. The summed E-state index contributed by atoms with van der Waals surface area (Å²) in [6.07, 6.45) is 7.47. The van der Waals surface area contributed by atoms with Crippen LogP contribution in [-0.2, 0) is 0 Å². The van der Waals surface area contributed by atoms with Crippen molar-refractivity contribution in [2.45, 2.75) is 25.8 Å². The Hall–Kier alpha value is 0.310. The van der Waals surface area contributed by atoms with Crippen molar-refractivity contribution in [3.63, 3.8) is 0 Å². The van der Waals surface area contributed by atoms with Crippen LogP contribution in [0.4, 0.5) is 0 Å². The van der Waals surface area contributed by atoms with Gasteiger partial charge in [-0.05, 0) is 52.1 Å². The lowest BCUT2D eigenvalue weighted by Gasteiger charge is -2.20. The minimum Gasteiger partial charge on any atom is -0.307 e. The highest BCUT2D eigenvalue weighted by atomic mass is 32.2. The molecule has 0 radical (unpaired) electrons. The molecule has 70 valence electrons. The Bertz CT molecular complexity index is 91.6. The minimum absolute atomic E-state index is 0.331. The van der Waals surface area contributed by atoms with Gasteiger partial charge in [0, 0.05) is 6.04 Å². The van der Waals surface area contributed by atoms with Gasteiger partial charge in [-0.3, -0.25) is 10.9 Å². The maximum Gasteiger partial charge on any atom is 0.00611 e. The van der Waals surface area contributed by atoms with Crippen molar-refractivity contribution < 1.29 is 0 Å². The SMILES string of the molecule is C[C@H](CCC[SH](C)C)N(C)C. The van der Waals surface area contributed by atoms with Crippen LogP contribution in [0.3, 0.4) is 0 Å². The fraction of sp³-hybridized carbons (Fsp3) is 1.00. The molecule has 2 heteroatoms. The molecular formula is C9H23NS. The summed E-state index contributed by atoms with van der Waals surface area (Å²) in [4.78, 5) is 2.30. The zero-order valence-corrected chi connectivity index (χ0v) is 9.49. The summed E-state index contributed by atoms with van der Waals surface area (Å²) in [7, 11) is 4.65. The first-order valence-electron chi connectivity index (χ1n) is 4.35. The molecule has 0 saturated heterocycles. The number of hydrogen-bond donors (Lipinski definition) is 1. The summed E-state index contributed by atoms with van der Waals surface area (Å²) in [6, 6.07) is 0.755. The summed E-state index contributed by atoms with van der Waals surface area (Å²) in [6.45, 7) is 2.30. The van der Waals surface area contributed by atoms with Crippen molar-refractivity contribution in [3.8, 4) is 0 Å². The molecule has 11 heavy (non-hydrogen) atoms. The second-order valence-corrected chi connectivity index (χ2v) is 6.36. The minimum atomic E-state index is 0.331. The Morgan fingerprint density at radius 1 is 1.27 bits per heavy atom. The summed E-state index contributed by atoms with van der Waals surface area (Å²) in [5, 5.41) is 0. The van der Waals surface area contributed by atoms with E-state index in [2.05, 4.69) is 38.4 Å². The molecule has 0 saturated carbocycles. The fourth-order valence-electron chi connectivity index (χ4n) is 0.961. The third kappa shape index (κ3) is 6.70. The summed E-state index contributed by atoms with van der Waals surface area (Å²) < 4.78 is 0. The number of nitrogens with zero attached hydrogens (tertiary/aromatic N) is 1. The first kappa shape index (κ1) is 11.3. The molecule has 0 aromatic heterocycles. The van der Waals surface area contributed by atoms with Gasteiger partial charge < -0.3 is 4.90 Å². The van der Waals surface area contributed by atoms with E-state index in [0.717, 1.165) is 6.04 Å². The van der Waals surface area contributed by atoms with E-state index < -0.39 is 0 Å². The molecule has 0 fully saturated rings. The highest BCUT2D eigenvalue weighted by Gasteiger charge is 2.02. The Kier molecular flexibility index (Phi) is 6.06. The van der Waals surface area contributed by atoms with Gasteiger partial charge in [0.2, 0.25) is 0 Å². The molecule has 0 unspecified atom stereocenters. The lowest BCUT2D eigenvalue weighted by atomic mass is 10.2. The predicted octanol–water partition coefficient (Wildman–Crippen LogP) is 1.98. The molecule has 0 amide bonds. The van der Waals surface area contributed by atoms with Crippen molar-refractivity contribution >= 4 is 10.9 Å². The van der Waals surface area contributed by atoms with E-state index in [9.17, 15) is 0 Å². The van der Waals surface area contributed by atoms with E-state index >= 15 is 0 Å². The van der Waals surface area contributed by atoms with Crippen LogP contribution >= 0.6 is 10.9 Å². The Morgan fingerprint density at radius 2 is 1.82 bits per heavy atom. The largest absolute Gasteiger partial charge is 0.307 e. The van der Waals surface area contributed by atoms with Crippen LogP contribution in [0.5, 0.6) is 0 Å². The average molecular weight is 177 g/mol. The third-order valence-corrected chi connectivity index (χ3v) is 3.32. The quantitative estimate of drug-likeness (QED) is 0.629. The van der Waals surface area contributed by atoms with Crippen LogP contribution in [0.2, 0.25) is 0 Å². The standard InChI is InChI=1S/C9H23NS/c1-9(10(2)3)7-6-8-11(4)5/h9,11H,6-8H2,1-5H3/t9-/m1/s1. The van der Waals surface area contributed by atoms with E-state index in [1.165, 1.54) is 18.6 Å². The third-order valence-electron chi connectivity index (χ3n) is 2.11. The molecule has 0 rings (SSSR count). The van der Waals surface area contributed by atoms with E-state index in [1.807, 2.05) is 0 Å². The zero-order chi connectivity index (χ0) is 8.85. The molecule has 0 bridgehead atoms. The number of thiol groups is 1. The average Bonchev–Trinajstić information content (AvgIpc) is 1.86. The van der Waals surface area contributed by atoms with Crippen LogP contribution in [0.25, 0.3) is 0 Å². The van der Waals surface area contributed by atoms with Crippen LogP contribution in [0, 0.1) is 0 Å². The van der Waals surface area contributed by atoms with Gasteiger partial charge in [0.15, 0.2) is 0 Å². The normalized spacial score (nSPS) is 15.3. The van der Waals surface area contributed by atoms with Crippen molar-refractivity contribution in [1.82, 2.24) is 4.90 Å². The molecule has 1 atom stereocenters. The van der Waals surface area contributed by atoms with Gasteiger partial charge in [-0.1, -0.05) is 0 Å². The van der Waals surface area contributed by atoms with Gasteiger partial charge in [-0.15, -0.1) is 0 Å². The maximum absolute atomic E-state index is 2.36. The smallest absolute Gasteiger partial charge is 0.00611 e. The highest BCUT2D eigenvalue weighted by molar-refractivity contribution is 8.15. The fourth-order valence-corrected chi connectivity index (χ4v) is 1.78. The lowest BCUT2D eigenvalue weighted by Crippen LogP contribution is -2.24. The second-order valence-electron chi connectivity index (χ2n) is 3.76. The van der Waals surface area contributed by atoms with Crippen molar-refractivity contribution in [2.24, 2.45) is 0 Å². The van der Waals surface area contributed by atoms with Crippen LogP contribution in [0.1, 0.15) is 19.8 Å². The highest BCUT2D eigenvalue weighted by Crippen LogP contribution is 2.16. The first-order chi connectivity index (χ1) is 5.04. The van der Waals surface area contributed by atoms with Crippen LogP contribution < -0.4 is 0 Å². The molecule has 0 spiro atoms. The van der Waals surface area contributed by atoms with Gasteiger partial charge in [0.1, 0.15) is 0 Å². The lowest BCUT2D eigenvalue weighted by molar-refractivity contribution is 0.297. The van der Waals surface area contributed by atoms with Crippen molar-refractivity contribution in [1.29, 1.82) is 0 Å². The second kappa shape index (κ2) is 5.90. The van der Waals surface area contributed by atoms with Crippen LogP contribution in [0.15, 0.2) is 0 Å².